The summed E-state index contributed by atoms with van der Waals surface area (Å²) in [5.74, 6) is 0. The molecule has 7 nitrogen and oxygen atoms in total. The molecule has 7 aromatic carbocycles. The molecule has 0 aromatic heterocycles. The second-order valence-corrected chi connectivity index (χ2v) is 18.5. The Hall–Kier alpha value is -7.57. The highest BCUT2D eigenvalue weighted by molar-refractivity contribution is 8.03. The summed E-state index contributed by atoms with van der Waals surface area (Å²) in [4.78, 5) is 13.0. The molecule has 0 spiro atoms. The van der Waals surface area contributed by atoms with Gasteiger partial charge in [-0.25, -0.2) is 0 Å². The number of hydrogen-bond acceptors (Lipinski definition) is 10. The molecule has 0 bridgehead atoms. The van der Waals surface area contributed by atoms with Crippen LogP contribution < -0.4 is 14.7 Å². The Morgan fingerprint density at radius 3 is 1.43 bits per heavy atom. The van der Waals surface area contributed by atoms with Gasteiger partial charge in [-0.1, -0.05) is 108 Å². The van der Waals surface area contributed by atoms with Gasteiger partial charge in [0, 0.05) is 35.1 Å². The number of nitriles is 4. The number of nitrogens with zero attached hydrogens (tertiary/aromatic N) is 7. The first-order valence-electron chi connectivity index (χ1n) is 20.3. The van der Waals surface area contributed by atoms with E-state index in [1.165, 1.54) is 0 Å². The molecule has 3 heterocycles. The van der Waals surface area contributed by atoms with E-state index in [1.54, 1.807) is 47.4 Å². The van der Waals surface area contributed by atoms with Gasteiger partial charge in [-0.2, -0.15) is 21.0 Å². The summed E-state index contributed by atoms with van der Waals surface area (Å²) in [6, 6.07) is 54.5. The van der Waals surface area contributed by atoms with Gasteiger partial charge in [0.25, 0.3) is 0 Å². The summed E-state index contributed by atoms with van der Waals surface area (Å²) in [6.45, 7) is 1.91. The van der Waals surface area contributed by atoms with Crippen molar-refractivity contribution in [3.63, 3.8) is 0 Å². The Balaban J connectivity index is 1.12. The SMILES string of the molecule is Cc1cc(N2c3ccccc3Sc3c(-c4cccc5c4Sc4ccccc4N5c4cc(N5C6=C(C=CCC6)Sc6ccccc65)c(C#N)cc4C#N)cccc32)c(C#N)cc1C#N. The van der Waals surface area contributed by atoms with Crippen LogP contribution in [0.15, 0.2) is 181 Å². The summed E-state index contributed by atoms with van der Waals surface area (Å²) in [6.07, 6.45) is 6.12. The minimum atomic E-state index is 0.400. The van der Waals surface area contributed by atoms with Gasteiger partial charge < -0.3 is 14.7 Å². The van der Waals surface area contributed by atoms with Crippen molar-refractivity contribution in [1.29, 1.82) is 21.0 Å². The van der Waals surface area contributed by atoms with Crippen molar-refractivity contribution >= 4 is 80.8 Å². The molecule has 11 rings (SSSR count). The van der Waals surface area contributed by atoms with E-state index in [0.29, 0.717) is 33.6 Å². The van der Waals surface area contributed by atoms with E-state index in [1.807, 2.05) is 55.5 Å². The lowest BCUT2D eigenvalue weighted by molar-refractivity contribution is 0.902. The third-order valence-corrected chi connectivity index (χ3v) is 15.3. The maximum Gasteiger partial charge on any atom is 0.101 e. The van der Waals surface area contributed by atoms with Crippen LogP contribution in [0.1, 0.15) is 40.7 Å². The molecule has 7 aromatic rings. The molecule has 0 fully saturated rings. The van der Waals surface area contributed by atoms with E-state index in [9.17, 15) is 21.0 Å². The lowest BCUT2D eigenvalue weighted by Gasteiger charge is -2.38. The van der Waals surface area contributed by atoms with E-state index in [0.717, 1.165) is 98.7 Å². The van der Waals surface area contributed by atoms with Crippen LogP contribution in [0.3, 0.4) is 0 Å². The zero-order chi connectivity index (χ0) is 42.8. The third-order valence-electron chi connectivity index (χ3n) is 11.8. The zero-order valence-electron chi connectivity index (χ0n) is 33.6. The standard InChI is InChI=1S/C53H31N7S3/c1-32-24-45(34(29-55)25-33(32)28-54)59-41-16-4-8-22-50(41)62-52-37(12-10-18-43(52)59)38-13-11-19-44-53(38)63-51-23-9-5-17-42(51)60(44)47-27-46(35(30-56)26-36(47)31-57)58-39-14-2-6-20-48(39)61-49-21-7-3-15-40(49)58/h2,4-14,16-27H,3,15H2,1H3. The first-order chi connectivity index (χ1) is 31.0. The van der Waals surface area contributed by atoms with Crippen LogP contribution in [0.5, 0.6) is 0 Å². The van der Waals surface area contributed by atoms with Gasteiger partial charge in [-0.15, -0.1) is 0 Å². The van der Waals surface area contributed by atoms with Gasteiger partial charge in [-0.3, -0.25) is 0 Å². The summed E-state index contributed by atoms with van der Waals surface area (Å²) in [5.41, 5.74) is 12.6. The van der Waals surface area contributed by atoms with Crippen molar-refractivity contribution in [2.75, 3.05) is 14.7 Å². The van der Waals surface area contributed by atoms with Crippen molar-refractivity contribution in [3.05, 3.63) is 184 Å². The Labute approximate surface area is 378 Å². The average Bonchev–Trinajstić information content (AvgIpc) is 3.33. The van der Waals surface area contributed by atoms with Crippen molar-refractivity contribution in [2.45, 2.75) is 44.2 Å². The highest BCUT2D eigenvalue weighted by Gasteiger charge is 2.35. The number of para-hydroxylation sites is 3. The number of rotatable bonds is 4. The van der Waals surface area contributed by atoms with Crippen LogP contribution in [-0.2, 0) is 0 Å². The number of fused-ring (bicyclic) bond motifs is 5. The predicted octanol–water partition coefficient (Wildman–Crippen LogP) is 14.8. The van der Waals surface area contributed by atoms with Crippen LogP contribution in [-0.4, -0.2) is 0 Å². The number of thioether (sulfide) groups is 1. The molecular weight excluding hydrogens is 831 g/mol. The lowest BCUT2D eigenvalue weighted by Crippen LogP contribution is -2.24. The highest BCUT2D eigenvalue weighted by atomic mass is 32.2. The smallest absolute Gasteiger partial charge is 0.101 e. The minimum Gasteiger partial charge on any atom is -0.311 e. The molecule has 0 N–H and O–H groups in total. The first-order valence-corrected chi connectivity index (χ1v) is 22.7. The Morgan fingerprint density at radius 2 is 0.889 bits per heavy atom. The Morgan fingerprint density at radius 1 is 0.444 bits per heavy atom. The molecule has 63 heavy (non-hydrogen) atoms. The number of benzene rings is 7. The van der Waals surface area contributed by atoms with Crippen LogP contribution in [0.25, 0.3) is 11.1 Å². The van der Waals surface area contributed by atoms with E-state index in [2.05, 4.69) is 124 Å². The van der Waals surface area contributed by atoms with Crippen LogP contribution in [0.4, 0.5) is 45.5 Å². The fraction of sp³-hybridized carbons (Fsp3) is 0.0566. The predicted molar refractivity (Wildman–Crippen MR) is 253 cm³/mol. The minimum absolute atomic E-state index is 0.400. The summed E-state index contributed by atoms with van der Waals surface area (Å²) >= 11 is 5.16. The Kier molecular flexibility index (Phi) is 9.38. The molecule has 0 saturated heterocycles. The molecule has 0 unspecified atom stereocenters. The third kappa shape index (κ3) is 6.11. The van der Waals surface area contributed by atoms with Gasteiger partial charge >= 0.3 is 0 Å². The summed E-state index contributed by atoms with van der Waals surface area (Å²) in [5, 5.41) is 41.9. The van der Waals surface area contributed by atoms with Gasteiger partial charge in [0.15, 0.2) is 0 Å². The largest absolute Gasteiger partial charge is 0.311 e. The molecule has 296 valence electrons. The number of anilines is 8. The summed E-state index contributed by atoms with van der Waals surface area (Å²) in [7, 11) is 0. The molecular formula is C53H31N7S3. The average molecular weight is 862 g/mol. The first kappa shape index (κ1) is 38.4. The second kappa shape index (κ2) is 15.4. The normalized spacial score (nSPS) is 14.1. The quantitative estimate of drug-likeness (QED) is 0.170. The molecule has 3 aliphatic heterocycles. The van der Waals surface area contributed by atoms with Gasteiger partial charge in [-0.05, 0) is 109 Å². The van der Waals surface area contributed by atoms with Crippen molar-refractivity contribution in [3.8, 4) is 35.4 Å². The van der Waals surface area contributed by atoms with Crippen LogP contribution >= 0.6 is 35.3 Å². The van der Waals surface area contributed by atoms with E-state index in [-0.39, 0.29) is 0 Å². The fourth-order valence-electron chi connectivity index (χ4n) is 8.92. The number of hydrogen-bond donors (Lipinski definition) is 0. The highest BCUT2D eigenvalue weighted by Crippen LogP contribution is 2.60. The molecule has 4 aliphatic rings. The Bertz CT molecular complexity index is 3380. The van der Waals surface area contributed by atoms with Crippen LogP contribution in [0.2, 0.25) is 0 Å². The van der Waals surface area contributed by atoms with Crippen molar-refractivity contribution < 1.29 is 0 Å². The molecule has 0 saturated carbocycles. The van der Waals surface area contributed by atoms with Crippen LogP contribution in [0, 0.1) is 52.2 Å². The lowest BCUT2D eigenvalue weighted by atomic mass is 9.99. The number of aryl methyl sites for hydroxylation is 1. The van der Waals surface area contributed by atoms with Gasteiger partial charge in [0.1, 0.15) is 18.2 Å². The van der Waals surface area contributed by atoms with Gasteiger partial charge in [0.05, 0.1) is 73.8 Å². The monoisotopic (exact) mass is 861 g/mol. The summed E-state index contributed by atoms with van der Waals surface area (Å²) < 4.78 is 0. The maximum atomic E-state index is 10.9. The van der Waals surface area contributed by atoms with E-state index < -0.39 is 0 Å². The molecule has 10 heteroatoms. The zero-order valence-corrected chi connectivity index (χ0v) is 36.1. The fourth-order valence-corrected chi connectivity index (χ4v) is 12.4. The number of allylic oxidation sites excluding steroid dienone is 3. The van der Waals surface area contributed by atoms with Crippen molar-refractivity contribution in [2.24, 2.45) is 0 Å². The molecule has 0 radical (unpaired) electrons. The van der Waals surface area contributed by atoms with Gasteiger partial charge in [0.2, 0.25) is 0 Å². The topological polar surface area (TPSA) is 105 Å². The van der Waals surface area contributed by atoms with E-state index in [4.69, 9.17) is 0 Å². The van der Waals surface area contributed by atoms with Crippen molar-refractivity contribution in [1.82, 2.24) is 0 Å². The van der Waals surface area contributed by atoms with E-state index >= 15 is 0 Å². The molecule has 0 atom stereocenters. The maximum absolute atomic E-state index is 10.9. The molecule has 0 amide bonds. The molecule has 1 aliphatic carbocycles. The second-order valence-electron chi connectivity index (χ2n) is 15.3.